The zero-order valence-corrected chi connectivity index (χ0v) is 16.6. The number of esters is 1. The molecule has 3 heterocycles. The minimum Gasteiger partial charge on any atom is -0.459 e. The Hall–Kier alpha value is -2.15. The van der Waals surface area contributed by atoms with Gasteiger partial charge in [0, 0.05) is 38.7 Å². The maximum atomic E-state index is 12.5. The third-order valence-corrected chi connectivity index (χ3v) is 4.74. The van der Waals surface area contributed by atoms with E-state index in [4.69, 9.17) is 9.72 Å². The van der Waals surface area contributed by atoms with E-state index in [0.29, 0.717) is 0 Å². The van der Waals surface area contributed by atoms with Crippen LogP contribution in [0.3, 0.4) is 0 Å². The maximum absolute atomic E-state index is 12.5. The number of hydrogen-bond acceptors (Lipinski definition) is 6. The summed E-state index contributed by atoms with van der Waals surface area (Å²) in [6, 6.07) is 3.84. The van der Waals surface area contributed by atoms with Gasteiger partial charge in [-0.1, -0.05) is 0 Å². The Morgan fingerprint density at radius 2 is 2.04 bits per heavy atom. The normalized spacial score (nSPS) is 21.8. The SMILES string of the molecule is CN(C)c1cc(C2CCC(C(=O)OC(C)(C)C)N(C)C2)nc2ccnn12. The monoisotopic (exact) mass is 359 g/mol. The summed E-state index contributed by atoms with van der Waals surface area (Å²) >= 11 is 0. The summed E-state index contributed by atoms with van der Waals surface area (Å²) in [5, 5.41) is 4.35. The number of anilines is 1. The van der Waals surface area contributed by atoms with Crippen molar-refractivity contribution >= 4 is 17.4 Å². The minimum atomic E-state index is -0.454. The van der Waals surface area contributed by atoms with Gasteiger partial charge in [0.2, 0.25) is 0 Å². The van der Waals surface area contributed by atoms with E-state index in [1.807, 2.05) is 57.4 Å². The summed E-state index contributed by atoms with van der Waals surface area (Å²) in [6.07, 6.45) is 3.46. The molecule has 26 heavy (non-hydrogen) atoms. The molecule has 2 aromatic rings. The lowest BCUT2D eigenvalue weighted by Gasteiger charge is -2.37. The molecular formula is C19H29N5O2. The van der Waals surface area contributed by atoms with E-state index in [0.717, 1.165) is 36.5 Å². The molecule has 7 nitrogen and oxygen atoms in total. The van der Waals surface area contributed by atoms with E-state index in [2.05, 4.69) is 16.1 Å². The smallest absolute Gasteiger partial charge is 0.323 e. The van der Waals surface area contributed by atoms with Crippen molar-refractivity contribution in [3.8, 4) is 0 Å². The van der Waals surface area contributed by atoms with Crippen LogP contribution in [0.1, 0.15) is 45.2 Å². The molecule has 0 bridgehead atoms. The summed E-state index contributed by atoms with van der Waals surface area (Å²) in [6.45, 7) is 6.51. The van der Waals surface area contributed by atoms with Crippen molar-refractivity contribution in [3.63, 3.8) is 0 Å². The molecule has 0 N–H and O–H groups in total. The van der Waals surface area contributed by atoms with E-state index in [9.17, 15) is 4.79 Å². The van der Waals surface area contributed by atoms with Crippen LogP contribution in [-0.4, -0.2) is 64.8 Å². The molecule has 1 aliphatic rings. The van der Waals surface area contributed by atoms with Crippen LogP contribution in [0.25, 0.3) is 5.65 Å². The second kappa shape index (κ2) is 6.87. The lowest BCUT2D eigenvalue weighted by Crippen LogP contribution is -2.47. The average molecular weight is 359 g/mol. The Morgan fingerprint density at radius 1 is 1.31 bits per heavy atom. The second-order valence-electron chi connectivity index (χ2n) is 8.30. The zero-order valence-electron chi connectivity index (χ0n) is 16.6. The highest BCUT2D eigenvalue weighted by atomic mass is 16.6. The number of piperidine rings is 1. The van der Waals surface area contributed by atoms with E-state index in [1.54, 1.807) is 6.20 Å². The van der Waals surface area contributed by atoms with Crippen molar-refractivity contribution in [1.82, 2.24) is 19.5 Å². The molecule has 0 radical (unpaired) electrons. The summed E-state index contributed by atoms with van der Waals surface area (Å²) in [5.74, 6) is 1.16. The first-order chi connectivity index (χ1) is 12.2. The van der Waals surface area contributed by atoms with Gasteiger partial charge in [-0.25, -0.2) is 4.98 Å². The van der Waals surface area contributed by atoms with Gasteiger partial charge in [-0.3, -0.25) is 9.69 Å². The molecule has 0 amide bonds. The zero-order chi connectivity index (χ0) is 19.1. The summed E-state index contributed by atoms with van der Waals surface area (Å²) < 4.78 is 7.42. The molecule has 1 fully saturated rings. The summed E-state index contributed by atoms with van der Waals surface area (Å²) in [7, 11) is 6.00. The van der Waals surface area contributed by atoms with Crippen LogP contribution >= 0.6 is 0 Å². The minimum absolute atomic E-state index is 0.133. The maximum Gasteiger partial charge on any atom is 0.323 e. The highest BCUT2D eigenvalue weighted by Crippen LogP contribution is 2.31. The first-order valence-corrected chi connectivity index (χ1v) is 9.11. The third kappa shape index (κ3) is 3.82. The van der Waals surface area contributed by atoms with Gasteiger partial charge in [0.25, 0.3) is 0 Å². The number of carbonyl (C=O) groups excluding carboxylic acids is 1. The topological polar surface area (TPSA) is 63.0 Å². The predicted octanol–water partition coefficient (Wildman–Crippen LogP) is 2.31. The molecule has 2 aromatic heterocycles. The number of fused-ring (bicyclic) bond motifs is 1. The molecule has 0 spiro atoms. The Kier molecular flexibility index (Phi) is 4.92. The fourth-order valence-corrected chi connectivity index (χ4v) is 3.50. The van der Waals surface area contributed by atoms with Gasteiger partial charge < -0.3 is 9.64 Å². The van der Waals surface area contributed by atoms with E-state index >= 15 is 0 Å². The van der Waals surface area contributed by atoms with Crippen LogP contribution < -0.4 is 4.90 Å². The number of carbonyl (C=O) groups is 1. The quantitative estimate of drug-likeness (QED) is 0.784. The molecule has 7 heteroatoms. The number of ether oxygens (including phenoxy) is 1. The van der Waals surface area contributed by atoms with Crippen LogP contribution in [0.15, 0.2) is 18.3 Å². The van der Waals surface area contributed by atoms with Crippen LogP contribution in [0.4, 0.5) is 5.82 Å². The van der Waals surface area contributed by atoms with Gasteiger partial charge >= 0.3 is 5.97 Å². The molecule has 2 atom stereocenters. The van der Waals surface area contributed by atoms with Crippen molar-refractivity contribution in [2.75, 3.05) is 32.6 Å². The lowest BCUT2D eigenvalue weighted by molar-refractivity contribution is -0.162. The Labute approximate surface area is 154 Å². The first-order valence-electron chi connectivity index (χ1n) is 9.11. The number of rotatable bonds is 3. The van der Waals surface area contributed by atoms with Gasteiger partial charge in [-0.2, -0.15) is 9.61 Å². The molecule has 0 aliphatic carbocycles. The van der Waals surface area contributed by atoms with Gasteiger partial charge in [-0.15, -0.1) is 0 Å². The third-order valence-electron chi connectivity index (χ3n) is 4.74. The molecule has 0 saturated carbocycles. The highest BCUT2D eigenvalue weighted by Gasteiger charge is 2.35. The van der Waals surface area contributed by atoms with Crippen molar-refractivity contribution in [2.45, 2.75) is 51.2 Å². The fourth-order valence-electron chi connectivity index (χ4n) is 3.50. The van der Waals surface area contributed by atoms with Crippen LogP contribution in [0, 0.1) is 0 Å². The average Bonchev–Trinajstić information content (AvgIpc) is 3.00. The van der Waals surface area contributed by atoms with Gasteiger partial charge in [0.05, 0.1) is 11.9 Å². The van der Waals surface area contributed by atoms with Gasteiger partial charge in [0.15, 0.2) is 5.65 Å². The van der Waals surface area contributed by atoms with Crippen LogP contribution in [-0.2, 0) is 9.53 Å². The predicted molar refractivity (Wildman–Crippen MR) is 102 cm³/mol. The summed E-state index contributed by atoms with van der Waals surface area (Å²) in [5.41, 5.74) is 1.45. The number of likely N-dealkylation sites (N-methyl/N-ethyl adjacent to an activating group) is 1. The number of aromatic nitrogens is 3. The number of likely N-dealkylation sites (tertiary alicyclic amines) is 1. The highest BCUT2D eigenvalue weighted by molar-refractivity contribution is 5.76. The molecule has 2 unspecified atom stereocenters. The Bertz CT molecular complexity index is 793. The number of hydrogen-bond donors (Lipinski definition) is 0. The van der Waals surface area contributed by atoms with Crippen molar-refractivity contribution in [1.29, 1.82) is 0 Å². The van der Waals surface area contributed by atoms with Crippen molar-refractivity contribution in [3.05, 3.63) is 24.0 Å². The van der Waals surface area contributed by atoms with Crippen molar-refractivity contribution in [2.24, 2.45) is 0 Å². The molecule has 3 rings (SSSR count). The fraction of sp³-hybridized carbons (Fsp3) is 0.632. The molecular weight excluding hydrogens is 330 g/mol. The standard InChI is InChI=1S/C19H29N5O2/c1-19(2,3)26-18(25)15-8-7-13(12-23(15)6)14-11-17(22(4)5)24-16(21-14)9-10-20-24/h9-11,13,15H,7-8,12H2,1-6H3. The lowest BCUT2D eigenvalue weighted by atomic mass is 9.90. The Morgan fingerprint density at radius 3 is 2.65 bits per heavy atom. The molecule has 1 saturated heterocycles. The van der Waals surface area contributed by atoms with Gasteiger partial charge in [-0.05, 0) is 40.7 Å². The summed E-state index contributed by atoms with van der Waals surface area (Å²) in [4.78, 5) is 21.4. The number of nitrogens with zero attached hydrogens (tertiary/aromatic N) is 5. The van der Waals surface area contributed by atoms with E-state index < -0.39 is 5.60 Å². The van der Waals surface area contributed by atoms with Crippen LogP contribution in [0.2, 0.25) is 0 Å². The van der Waals surface area contributed by atoms with Crippen molar-refractivity contribution < 1.29 is 9.53 Å². The Balaban J connectivity index is 1.79. The first kappa shape index (κ1) is 18.6. The van der Waals surface area contributed by atoms with Crippen LogP contribution in [0.5, 0.6) is 0 Å². The molecule has 142 valence electrons. The van der Waals surface area contributed by atoms with Gasteiger partial charge in [0.1, 0.15) is 17.5 Å². The molecule has 1 aliphatic heterocycles. The molecule has 0 aromatic carbocycles. The van der Waals surface area contributed by atoms with E-state index in [-0.39, 0.29) is 17.9 Å². The largest absolute Gasteiger partial charge is 0.459 e. The second-order valence-corrected chi connectivity index (χ2v) is 8.30. The van der Waals surface area contributed by atoms with E-state index in [1.165, 1.54) is 0 Å².